The van der Waals surface area contributed by atoms with E-state index in [1.807, 2.05) is 49.4 Å². The number of aromatic nitrogens is 3. The minimum Gasteiger partial charge on any atom is -0.406 e. The Labute approximate surface area is 184 Å². The molecule has 0 saturated carbocycles. The van der Waals surface area contributed by atoms with E-state index in [1.54, 1.807) is 12.1 Å². The Balaban J connectivity index is 1.74. The number of aryl methyl sites for hydroxylation is 1. The van der Waals surface area contributed by atoms with Crippen molar-refractivity contribution in [2.45, 2.75) is 33.1 Å². The molecule has 4 rings (SSSR count). The Morgan fingerprint density at radius 1 is 0.844 bits per heavy atom. The first-order valence-corrected chi connectivity index (χ1v) is 10.2. The number of hydrogen-bond donors (Lipinski definition) is 1. The van der Waals surface area contributed by atoms with Crippen molar-refractivity contribution in [2.24, 2.45) is 0 Å². The number of hydrogen-bond acceptors (Lipinski definition) is 3. The first kappa shape index (κ1) is 21.6. The molecular weight excluding hydrogens is 415 g/mol. The number of ether oxygens (including phenoxy) is 1. The Bertz CT molecular complexity index is 1230. The van der Waals surface area contributed by atoms with Gasteiger partial charge in [-0.3, -0.25) is 4.98 Å². The third-order valence-electron chi connectivity index (χ3n) is 4.97. The highest BCUT2D eigenvalue weighted by Crippen LogP contribution is 2.34. The number of nitrogens with zero attached hydrogens (tertiary/aromatic N) is 2. The van der Waals surface area contributed by atoms with Crippen LogP contribution in [0.25, 0.3) is 33.8 Å². The monoisotopic (exact) mass is 437 g/mol. The molecule has 2 heterocycles. The summed E-state index contributed by atoms with van der Waals surface area (Å²) < 4.78 is 41.3. The van der Waals surface area contributed by atoms with Gasteiger partial charge in [0.25, 0.3) is 0 Å². The molecule has 0 amide bonds. The van der Waals surface area contributed by atoms with Crippen LogP contribution >= 0.6 is 0 Å². The van der Waals surface area contributed by atoms with Crippen LogP contribution in [0.4, 0.5) is 13.2 Å². The molecule has 0 aliphatic carbocycles. The standard InChI is InChI=1S/C25H22F3N3O/c1-15(2)24-30-22(23(31-24)21-9-4-6-16(3)29-21)19-8-5-7-18(14-19)17-10-12-20(13-11-17)32-25(26,27)28/h4-15H,1-3H3,(H,30,31). The molecule has 0 fully saturated rings. The fourth-order valence-corrected chi connectivity index (χ4v) is 3.44. The Morgan fingerprint density at radius 2 is 1.53 bits per heavy atom. The number of imidazole rings is 1. The molecule has 0 aliphatic rings. The van der Waals surface area contributed by atoms with Crippen molar-refractivity contribution in [1.29, 1.82) is 0 Å². The van der Waals surface area contributed by atoms with Gasteiger partial charge in [0.2, 0.25) is 0 Å². The Kier molecular flexibility index (Phi) is 5.74. The molecular formula is C25H22F3N3O. The molecule has 0 radical (unpaired) electrons. The number of H-pyrrole nitrogens is 1. The van der Waals surface area contributed by atoms with E-state index in [9.17, 15) is 13.2 Å². The van der Waals surface area contributed by atoms with Gasteiger partial charge in [0.1, 0.15) is 11.6 Å². The topological polar surface area (TPSA) is 50.8 Å². The van der Waals surface area contributed by atoms with Gasteiger partial charge in [0, 0.05) is 17.2 Å². The van der Waals surface area contributed by atoms with Gasteiger partial charge < -0.3 is 9.72 Å². The average molecular weight is 437 g/mol. The zero-order chi connectivity index (χ0) is 22.9. The first-order valence-electron chi connectivity index (χ1n) is 10.2. The molecule has 7 heteroatoms. The summed E-state index contributed by atoms with van der Waals surface area (Å²) in [5.41, 5.74) is 5.85. The van der Waals surface area contributed by atoms with Gasteiger partial charge in [-0.05, 0) is 48.4 Å². The second-order valence-corrected chi connectivity index (χ2v) is 7.82. The molecule has 0 unspecified atom stereocenters. The minimum atomic E-state index is -4.71. The normalized spacial score (nSPS) is 11.7. The van der Waals surface area contributed by atoms with E-state index in [2.05, 4.69) is 28.6 Å². The molecule has 0 atom stereocenters. The summed E-state index contributed by atoms with van der Waals surface area (Å²) in [6.07, 6.45) is -4.71. The molecule has 4 aromatic rings. The highest BCUT2D eigenvalue weighted by atomic mass is 19.4. The number of pyridine rings is 1. The van der Waals surface area contributed by atoms with Crippen LogP contribution in [-0.4, -0.2) is 21.3 Å². The van der Waals surface area contributed by atoms with Gasteiger partial charge in [-0.2, -0.15) is 0 Å². The molecule has 1 N–H and O–H groups in total. The van der Waals surface area contributed by atoms with Gasteiger partial charge in [-0.15, -0.1) is 13.2 Å². The van der Waals surface area contributed by atoms with Crippen molar-refractivity contribution < 1.29 is 17.9 Å². The Hall–Kier alpha value is -3.61. The summed E-state index contributed by atoms with van der Waals surface area (Å²) in [7, 11) is 0. The maximum Gasteiger partial charge on any atom is 0.573 e. The molecule has 0 spiro atoms. The summed E-state index contributed by atoms with van der Waals surface area (Å²) in [6, 6.07) is 19.4. The summed E-state index contributed by atoms with van der Waals surface area (Å²) >= 11 is 0. The SMILES string of the molecule is Cc1cccc(-c2[nH]c(C(C)C)nc2-c2cccc(-c3ccc(OC(F)(F)F)cc3)c2)n1. The maximum atomic E-state index is 12.4. The third kappa shape index (κ3) is 4.82. The van der Waals surface area contributed by atoms with E-state index in [0.29, 0.717) is 0 Å². The third-order valence-corrected chi connectivity index (χ3v) is 4.97. The quantitative estimate of drug-likeness (QED) is 0.361. The minimum absolute atomic E-state index is 0.205. The lowest BCUT2D eigenvalue weighted by Crippen LogP contribution is -2.16. The van der Waals surface area contributed by atoms with E-state index in [-0.39, 0.29) is 11.7 Å². The van der Waals surface area contributed by atoms with Gasteiger partial charge in [-0.1, -0.05) is 50.2 Å². The molecule has 164 valence electrons. The van der Waals surface area contributed by atoms with Crippen LogP contribution in [-0.2, 0) is 0 Å². The fourth-order valence-electron chi connectivity index (χ4n) is 3.44. The molecule has 0 bridgehead atoms. The van der Waals surface area contributed by atoms with Crippen molar-refractivity contribution >= 4 is 0 Å². The van der Waals surface area contributed by atoms with Crippen molar-refractivity contribution in [1.82, 2.24) is 15.0 Å². The molecule has 0 saturated heterocycles. The number of alkyl halides is 3. The highest BCUT2D eigenvalue weighted by molar-refractivity contribution is 5.80. The second kappa shape index (κ2) is 8.49. The molecule has 32 heavy (non-hydrogen) atoms. The fraction of sp³-hybridized carbons (Fsp3) is 0.200. The number of benzene rings is 2. The summed E-state index contributed by atoms with van der Waals surface area (Å²) in [6.45, 7) is 6.07. The molecule has 4 nitrogen and oxygen atoms in total. The molecule has 2 aromatic carbocycles. The first-order chi connectivity index (χ1) is 15.2. The van der Waals surface area contributed by atoms with Crippen LogP contribution in [0.15, 0.2) is 66.7 Å². The van der Waals surface area contributed by atoms with E-state index in [4.69, 9.17) is 4.98 Å². The predicted molar refractivity (Wildman–Crippen MR) is 118 cm³/mol. The van der Waals surface area contributed by atoms with Crippen LogP contribution in [0.3, 0.4) is 0 Å². The number of rotatable bonds is 5. The summed E-state index contributed by atoms with van der Waals surface area (Å²) in [5, 5.41) is 0. The summed E-state index contributed by atoms with van der Waals surface area (Å²) in [4.78, 5) is 12.9. The molecule has 2 aromatic heterocycles. The lowest BCUT2D eigenvalue weighted by atomic mass is 10.0. The number of halogens is 3. The van der Waals surface area contributed by atoms with Gasteiger partial charge in [0.05, 0.1) is 17.1 Å². The lowest BCUT2D eigenvalue weighted by molar-refractivity contribution is -0.274. The van der Waals surface area contributed by atoms with Crippen LogP contribution in [0.5, 0.6) is 5.75 Å². The Morgan fingerprint density at radius 3 is 2.19 bits per heavy atom. The smallest absolute Gasteiger partial charge is 0.406 e. The van der Waals surface area contributed by atoms with Gasteiger partial charge in [-0.25, -0.2) is 4.98 Å². The van der Waals surface area contributed by atoms with E-state index in [0.717, 1.165) is 45.3 Å². The van der Waals surface area contributed by atoms with E-state index >= 15 is 0 Å². The number of aromatic amines is 1. The van der Waals surface area contributed by atoms with Crippen LogP contribution < -0.4 is 4.74 Å². The highest BCUT2D eigenvalue weighted by Gasteiger charge is 2.31. The zero-order valence-electron chi connectivity index (χ0n) is 17.9. The van der Waals surface area contributed by atoms with E-state index in [1.165, 1.54) is 12.1 Å². The van der Waals surface area contributed by atoms with Gasteiger partial charge in [0.15, 0.2) is 0 Å². The van der Waals surface area contributed by atoms with Crippen LogP contribution in [0, 0.1) is 6.92 Å². The second-order valence-electron chi connectivity index (χ2n) is 7.82. The zero-order valence-corrected chi connectivity index (χ0v) is 17.9. The summed E-state index contributed by atoms with van der Waals surface area (Å²) in [5.74, 6) is 0.813. The van der Waals surface area contributed by atoms with Crippen molar-refractivity contribution in [3.8, 4) is 39.5 Å². The maximum absolute atomic E-state index is 12.4. The van der Waals surface area contributed by atoms with Crippen LogP contribution in [0.2, 0.25) is 0 Å². The lowest BCUT2D eigenvalue weighted by Gasteiger charge is -2.10. The van der Waals surface area contributed by atoms with Crippen LogP contribution in [0.1, 0.15) is 31.3 Å². The molecule has 0 aliphatic heterocycles. The van der Waals surface area contributed by atoms with E-state index < -0.39 is 6.36 Å². The predicted octanol–water partition coefficient (Wildman–Crippen LogP) is 7.14. The average Bonchev–Trinajstić information content (AvgIpc) is 3.19. The van der Waals surface area contributed by atoms with Gasteiger partial charge >= 0.3 is 6.36 Å². The largest absolute Gasteiger partial charge is 0.573 e. The van der Waals surface area contributed by atoms with Crippen molar-refractivity contribution in [3.05, 3.63) is 78.2 Å². The number of nitrogens with one attached hydrogen (secondary N) is 1. The van der Waals surface area contributed by atoms with Crippen molar-refractivity contribution in [3.63, 3.8) is 0 Å². The van der Waals surface area contributed by atoms with Crippen molar-refractivity contribution in [2.75, 3.05) is 0 Å².